The smallest absolute Gasteiger partial charge is 0.134 e. The van der Waals surface area contributed by atoms with Crippen molar-refractivity contribution in [1.82, 2.24) is 0 Å². The van der Waals surface area contributed by atoms with E-state index >= 15 is 0 Å². The van der Waals surface area contributed by atoms with Gasteiger partial charge in [0.1, 0.15) is 23.7 Å². The van der Waals surface area contributed by atoms with Crippen molar-refractivity contribution < 1.29 is 14.3 Å². The predicted molar refractivity (Wildman–Crippen MR) is 73.1 cm³/mol. The third kappa shape index (κ3) is 2.33. The van der Waals surface area contributed by atoms with Crippen LogP contribution < -0.4 is 10.5 Å². The maximum Gasteiger partial charge on any atom is 0.134 e. The van der Waals surface area contributed by atoms with E-state index in [0.29, 0.717) is 18.0 Å². The van der Waals surface area contributed by atoms with Crippen LogP contribution in [0.4, 0.5) is 5.69 Å². The molecule has 0 bridgehead atoms. The number of ether oxygens (including phenoxy) is 1. The lowest BCUT2D eigenvalue weighted by Crippen LogP contribution is -1.94. The summed E-state index contributed by atoms with van der Waals surface area (Å²) >= 11 is 0. The van der Waals surface area contributed by atoms with Crippen LogP contribution in [0.1, 0.15) is 5.56 Å². The van der Waals surface area contributed by atoms with Crippen LogP contribution in [0, 0.1) is 0 Å². The molecule has 0 amide bonds. The Kier molecular flexibility index (Phi) is 2.76. The Morgan fingerprint density at radius 2 is 2.05 bits per heavy atom. The highest BCUT2D eigenvalue weighted by Gasteiger charge is 2.07. The number of rotatable bonds is 3. The Morgan fingerprint density at radius 1 is 1.16 bits per heavy atom. The summed E-state index contributed by atoms with van der Waals surface area (Å²) in [6.07, 6.45) is 1.66. The Morgan fingerprint density at radius 3 is 2.89 bits per heavy atom. The van der Waals surface area contributed by atoms with Crippen molar-refractivity contribution in [3.05, 3.63) is 54.3 Å². The maximum absolute atomic E-state index is 9.36. The zero-order chi connectivity index (χ0) is 13.2. The van der Waals surface area contributed by atoms with Gasteiger partial charge in [-0.15, -0.1) is 0 Å². The van der Waals surface area contributed by atoms with Gasteiger partial charge in [-0.2, -0.15) is 0 Å². The SMILES string of the molecule is Nc1ccc2occ(COc3cccc(O)c3)c2c1. The first-order valence-corrected chi connectivity index (χ1v) is 5.90. The largest absolute Gasteiger partial charge is 0.508 e. The average Bonchev–Trinajstić information content (AvgIpc) is 2.79. The first-order valence-electron chi connectivity index (χ1n) is 5.90. The molecule has 3 N–H and O–H groups in total. The molecule has 96 valence electrons. The molecule has 0 atom stereocenters. The van der Waals surface area contributed by atoms with Crippen molar-refractivity contribution in [3.63, 3.8) is 0 Å². The molecule has 1 aromatic heterocycles. The molecule has 3 aromatic rings. The second-order valence-electron chi connectivity index (χ2n) is 4.30. The molecule has 1 heterocycles. The molecule has 4 heteroatoms. The van der Waals surface area contributed by atoms with Gasteiger partial charge < -0.3 is 20.0 Å². The van der Waals surface area contributed by atoms with E-state index < -0.39 is 0 Å². The number of hydrogen-bond acceptors (Lipinski definition) is 4. The Labute approximate surface area is 110 Å². The maximum atomic E-state index is 9.36. The summed E-state index contributed by atoms with van der Waals surface area (Å²) in [6.45, 7) is 0.361. The molecular weight excluding hydrogens is 242 g/mol. The van der Waals surface area contributed by atoms with Crippen molar-refractivity contribution in [2.45, 2.75) is 6.61 Å². The van der Waals surface area contributed by atoms with Gasteiger partial charge in [-0.1, -0.05) is 6.07 Å². The molecule has 3 rings (SSSR count). The first kappa shape index (κ1) is 11.5. The number of hydrogen-bond donors (Lipinski definition) is 2. The number of anilines is 1. The summed E-state index contributed by atoms with van der Waals surface area (Å²) < 4.78 is 11.0. The third-order valence-electron chi connectivity index (χ3n) is 2.89. The predicted octanol–water partition coefficient (Wildman–Crippen LogP) is 3.30. The zero-order valence-corrected chi connectivity index (χ0v) is 10.2. The number of benzene rings is 2. The highest BCUT2D eigenvalue weighted by atomic mass is 16.5. The van der Waals surface area contributed by atoms with E-state index in [4.69, 9.17) is 14.9 Å². The van der Waals surface area contributed by atoms with E-state index in [2.05, 4.69) is 0 Å². The molecule has 0 aliphatic carbocycles. The summed E-state index contributed by atoms with van der Waals surface area (Å²) in [5.74, 6) is 0.789. The molecule has 2 aromatic carbocycles. The van der Waals surface area contributed by atoms with Gasteiger partial charge in [0.2, 0.25) is 0 Å². The van der Waals surface area contributed by atoms with E-state index in [1.54, 1.807) is 36.6 Å². The van der Waals surface area contributed by atoms with Crippen LogP contribution >= 0.6 is 0 Å². The standard InChI is InChI=1S/C15H13NO3/c16-11-4-5-15-14(6-11)10(9-19-15)8-18-13-3-1-2-12(17)7-13/h1-7,9,17H,8,16H2. The monoisotopic (exact) mass is 255 g/mol. The Balaban J connectivity index is 1.84. The molecule has 19 heavy (non-hydrogen) atoms. The van der Waals surface area contributed by atoms with Crippen molar-refractivity contribution in [1.29, 1.82) is 0 Å². The van der Waals surface area contributed by atoms with Crippen LogP contribution in [0.3, 0.4) is 0 Å². The summed E-state index contributed by atoms with van der Waals surface area (Å²) in [5.41, 5.74) is 8.15. The molecule has 4 nitrogen and oxygen atoms in total. The fourth-order valence-electron chi connectivity index (χ4n) is 1.95. The minimum absolute atomic E-state index is 0.179. The van der Waals surface area contributed by atoms with Crippen LogP contribution in [-0.4, -0.2) is 5.11 Å². The molecule has 0 aliphatic rings. The highest BCUT2D eigenvalue weighted by molar-refractivity contribution is 5.84. The van der Waals surface area contributed by atoms with Gasteiger partial charge >= 0.3 is 0 Å². The van der Waals surface area contributed by atoms with Crippen LogP contribution in [-0.2, 0) is 6.61 Å². The summed E-state index contributed by atoms with van der Waals surface area (Å²) in [6, 6.07) is 12.2. The number of phenolic OH excluding ortho intramolecular Hbond substituents is 1. The van der Waals surface area contributed by atoms with Gasteiger partial charge in [0.15, 0.2) is 0 Å². The number of aromatic hydroxyl groups is 1. The van der Waals surface area contributed by atoms with Gasteiger partial charge in [-0.3, -0.25) is 0 Å². The molecule has 0 fully saturated rings. The number of fused-ring (bicyclic) bond motifs is 1. The number of nitrogens with two attached hydrogens (primary N) is 1. The Hall–Kier alpha value is -2.62. The first-order chi connectivity index (χ1) is 9.22. The van der Waals surface area contributed by atoms with E-state index in [-0.39, 0.29) is 5.75 Å². The lowest BCUT2D eigenvalue weighted by molar-refractivity contribution is 0.304. The van der Waals surface area contributed by atoms with E-state index in [9.17, 15) is 5.11 Å². The van der Waals surface area contributed by atoms with Gasteiger partial charge in [0.05, 0.1) is 6.26 Å². The van der Waals surface area contributed by atoms with Crippen LogP contribution in [0.2, 0.25) is 0 Å². The molecule has 0 spiro atoms. The molecule has 0 unspecified atom stereocenters. The molecular formula is C15H13NO3. The number of nitrogen functional groups attached to an aromatic ring is 1. The van der Waals surface area contributed by atoms with Crippen LogP contribution in [0.15, 0.2) is 53.1 Å². The lowest BCUT2D eigenvalue weighted by atomic mass is 10.1. The van der Waals surface area contributed by atoms with Crippen molar-refractivity contribution in [2.24, 2.45) is 0 Å². The Bertz CT molecular complexity index is 718. The van der Waals surface area contributed by atoms with Crippen LogP contribution in [0.5, 0.6) is 11.5 Å². The molecule has 0 saturated heterocycles. The fourth-order valence-corrected chi connectivity index (χ4v) is 1.95. The quantitative estimate of drug-likeness (QED) is 0.704. The third-order valence-corrected chi connectivity index (χ3v) is 2.89. The lowest BCUT2D eigenvalue weighted by Gasteiger charge is -2.05. The topological polar surface area (TPSA) is 68.6 Å². The fraction of sp³-hybridized carbons (Fsp3) is 0.0667. The highest BCUT2D eigenvalue weighted by Crippen LogP contribution is 2.25. The number of furan rings is 1. The second kappa shape index (κ2) is 4.57. The van der Waals surface area contributed by atoms with E-state index in [1.807, 2.05) is 12.1 Å². The second-order valence-corrected chi connectivity index (χ2v) is 4.30. The molecule has 0 saturated carbocycles. The molecule has 0 aliphatic heterocycles. The normalized spacial score (nSPS) is 10.7. The summed E-state index contributed by atoms with van der Waals surface area (Å²) in [5, 5.41) is 10.3. The average molecular weight is 255 g/mol. The summed E-state index contributed by atoms with van der Waals surface area (Å²) in [7, 11) is 0. The van der Waals surface area contributed by atoms with Gasteiger partial charge in [-0.05, 0) is 30.3 Å². The molecule has 0 radical (unpaired) electrons. The van der Waals surface area contributed by atoms with Crippen molar-refractivity contribution >= 4 is 16.7 Å². The zero-order valence-electron chi connectivity index (χ0n) is 10.2. The van der Waals surface area contributed by atoms with Crippen molar-refractivity contribution in [3.8, 4) is 11.5 Å². The summed E-state index contributed by atoms with van der Waals surface area (Å²) in [4.78, 5) is 0. The minimum Gasteiger partial charge on any atom is -0.508 e. The van der Waals surface area contributed by atoms with E-state index in [1.165, 1.54) is 0 Å². The van der Waals surface area contributed by atoms with Gasteiger partial charge in [0.25, 0.3) is 0 Å². The minimum atomic E-state index is 0.179. The van der Waals surface area contributed by atoms with Crippen LogP contribution in [0.25, 0.3) is 11.0 Å². The van der Waals surface area contributed by atoms with E-state index in [0.717, 1.165) is 16.5 Å². The van der Waals surface area contributed by atoms with Gasteiger partial charge in [0, 0.05) is 22.7 Å². The van der Waals surface area contributed by atoms with Crippen molar-refractivity contribution in [2.75, 3.05) is 5.73 Å². The number of phenols is 1. The van der Waals surface area contributed by atoms with Gasteiger partial charge in [-0.25, -0.2) is 0 Å².